The topological polar surface area (TPSA) is 21.3 Å². The van der Waals surface area contributed by atoms with Crippen molar-refractivity contribution in [3.05, 3.63) is 69.7 Å². The van der Waals surface area contributed by atoms with Crippen molar-refractivity contribution in [1.29, 1.82) is 0 Å². The number of hydrogen-bond acceptors (Lipinski definition) is 2. The lowest BCUT2D eigenvalue weighted by atomic mass is 9.77. The van der Waals surface area contributed by atoms with Gasteiger partial charge in [0.25, 0.3) is 0 Å². The highest BCUT2D eigenvalue weighted by Crippen LogP contribution is 2.53. The largest absolute Gasteiger partial charge is 0.494 e. The maximum absolute atomic E-state index is 6.48. The molecule has 2 aliphatic rings. The molecule has 1 heterocycles. The summed E-state index contributed by atoms with van der Waals surface area (Å²) in [5.74, 6) is 1.66. The lowest BCUT2D eigenvalue weighted by Crippen LogP contribution is -2.29. The minimum Gasteiger partial charge on any atom is -0.494 e. The first-order chi connectivity index (χ1) is 11.7. The fourth-order valence-electron chi connectivity index (χ4n) is 3.90. The van der Waals surface area contributed by atoms with Crippen LogP contribution in [0.1, 0.15) is 36.4 Å². The van der Waals surface area contributed by atoms with Gasteiger partial charge in [-0.15, -0.1) is 0 Å². The number of fused-ring (bicyclic) bond motifs is 3. The zero-order chi connectivity index (χ0) is 16.7. The molecular weight excluding hydrogens is 341 g/mol. The van der Waals surface area contributed by atoms with Crippen LogP contribution >= 0.6 is 23.2 Å². The van der Waals surface area contributed by atoms with Crippen molar-refractivity contribution >= 4 is 28.9 Å². The Kier molecular flexibility index (Phi) is 4.19. The Bertz CT molecular complexity index is 785. The number of rotatable bonds is 3. The fourth-order valence-corrected chi connectivity index (χ4v) is 4.40. The number of allylic oxidation sites excluding steroid dienone is 2. The summed E-state index contributed by atoms with van der Waals surface area (Å²) < 4.78 is 5.55. The Morgan fingerprint density at radius 1 is 1.08 bits per heavy atom. The summed E-state index contributed by atoms with van der Waals surface area (Å²) in [5.41, 5.74) is 3.35. The Morgan fingerprint density at radius 2 is 1.83 bits per heavy atom. The Labute approximate surface area is 152 Å². The Balaban J connectivity index is 1.74. The molecule has 124 valence electrons. The molecule has 0 saturated heterocycles. The van der Waals surface area contributed by atoms with Gasteiger partial charge in [-0.05, 0) is 49.1 Å². The first-order valence-electron chi connectivity index (χ1n) is 8.33. The maximum Gasteiger partial charge on any atom is 0.119 e. The van der Waals surface area contributed by atoms with Crippen LogP contribution in [0.4, 0.5) is 5.69 Å². The third-order valence-electron chi connectivity index (χ3n) is 4.97. The highest BCUT2D eigenvalue weighted by atomic mass is 35.5. The number of hydrogen-bond donors (Lipinski definition) is 1. The summed E-state index contributed by atoms with van der Waals surface area (Å²) in [6.07, 6.45) is 5.57. The predicted molar refractivity (Wildman–Crippen MR) is 100 cm³/mol. The van der Waals surface area contributed by atoms with Crippen molar-refractivity contribution in [2.45, 2.75) is 25.3 Å². The van der Waals surface area contributed by atoms with Gasteiger partial charge in [0.2, 0.25) is 0 Å². The van der Waals surface area contributed by atoms with E-state index < -0.39 is 0 Å². The smallest absolute Gasteiger partial charge is 0.119 e. The van der Waals surface area contributed by atoms with Gasteiger partial charge >= 0.3 is 0 Å². The number of benzene rings is 2. The SMILES string of the molecule is CCOc1ccc([C@@H]2Nc3c(Cl)ccc(Cl)c3[C@@H]3C=CC[C@@H]32)cc1. The van der Waals surface area contributed by atoms with Crippen molar-refractivity contribution in [3.63, 3.8) is 0 Å². The van der Waals surface area contributed by atoms with Gasteiger partial charge in [0.1, 0.15) is 5.75 Å². The monoisotopic (exact) mass is 359 g/mol. The molecule has 2 aromatic carbocycles. The Hall–Kier alpha value is -1.64. The highest BCUT2D eigenvalue weighted by molar-refractivity contribution is 6.36. The van der Waals surface area contributed by atoms with E-state index in [9.17, 15) is 0 Å². The van der Waals surface area contributed by atoms with Crippen LogP contribution in [0.15, 0.2) is 48.6 Å². The minimum atomic E-state index is 0.212. The van der Waals surface area contributed by atoms with Gasteiger partial charge in [-0.25, -0.2) is 0 Å². The van der Waals surface area contributed by atoms with Crippen LogP contribution in [0.3, 0.4) is 0 Å². The molecule has 0 aromatic heterocycles. The number of ether oxygens (including phenoxy) is 1. The zero-order valence-electron chi connectivity index (χ0n) is 13.4. The molecule has 3 atom stereocenters. The summed E-state index contributed by atoms with van der Waals surface area (Å²) in [5, 5.41) is 5.16. The van der Waals surface area contributed by atoms with Gasteiger partial charge in [-0.3, -0.25) is 0 Å². The van der Waals surface area contributed by atoms with Gasteiger partial charge in [0, 0.05) is 16.5 Å². The van der Waals surface area contributed by atoms with Crippen LogP contribution < -0.4 is 10.1 Å². The molecule has 1 N–H and O–H groups in total. The standard InChI is InChI=1S/C20H19Cl2NO/c1-2-24-13-8-6-12(7-9-13)19-15-5-3-4-14(15)18-16(21)10-11-17(22)20(18)23-19/h3-4,6-11,14-15,19,23H,2,5H2,1H3/t14-,15+,19+/m1/s1. The molecule has 0 radical (unpaired) electrons. The summed E-state index contributed by atoms with van der Waals surface area (Å²) in [6.45, 7) is 2.67. The van der Waals surface area contributed by atoms with Crippen molar-refractivity contribution in [3.8, 4) is 5.75 Å². The van der Waals surface area contributed by atoms with E-state index in [4.69, 9.17) is 27.9 Å². The summed E-state index contributed by atoms with van der Waals surface area (Å²) >= 11 is 12.9. The van der Waals surface area contributed by atoms with Crippen molar-refractivity contribution in [2.75, 3.05) is 11.9 Å². The van der Waals surface area contributed by atoms with Crippen LogP contribution in [0.25, 0.3) is 0 Å². The van der Waals surface area contributed by atoms with E-state index in [-0.39, 0.29) is 6.04 Å². The fraction of sp³-hybridized carbons (Fsp3) is 0.300. The average Bonchev–Trinajstić information content (AvgIpc) is 3.08. The van der Waals surface area contributed by atoms with Crippen molar-refractivity contribution in [1.82, 2.24) is 0 Å². The van der Waals surface area contributed by atoms with Gasteiger partial charge in [0.15, 0.2) is 0 Å². The quantitative estimate of drug-likeness (QED) is 0.656. The molecule has 0 spiro atoms. The molecule has 4 heteroatoms. The van der Waals surface area contributed by atoms with E-state index in [1.54, 1.807) is 0 Å². The zero-order valence-corrected chi connectivity index (χ0v) is 14.9. The average molecular weight is 360 g/mol. The molecule has 0 bridgehead atoms. The molecule has 0 amide bonds. The van der Waals surface area contributed by atoms with E-state index in [0.29, 0.717) is 18.4 Å². The molecule has 1 aliphatic heterocycles. The Morgan fingerprint density at radius 3 is 2.58 bits per heavy atom. The first-order valence-corrected chi connectivity index (χ1v) is 9.08. The molecule has 4 rings (SSSR count). The molecule has 0 fully saturated rings. The van der Waals surface area contributed by atoms with Crippen molar-refractivity contribution < 1.29 is 4.74 Å². The normalized spacial score (nSPS) is 24.2. The third-order valence-corrected chi connectivity index (χ3v) is 5.61. The van der Waals surface area contributed by atoms with E-state index in [2.05, 4.69) is 29.6 Å². The predicted octanol–water partition coefficient (Wildman–Crippen LogP) is 6.22. The molecule has 2 nitrogen and oxygen atoms in total. The minimum absolute atomic E-state index is 0.212. The third kappa shape index (κ3) is 2.58. The van der Waals surface area contributed by atoms with E-state index >= 15 is 0 Å². The maximum atomic E-state index is 6.48. The van der Waals surface area contributed by atoms with Gasteiger partial charge in [0.05, 0.1) is 23.4 Å². The lowest BCUT2D eigenvalue weighted by molar-refractivity contribution is 0.340. The van der Waals surface area contributed by atoms with E-state index in [1.807, 2.05) is 31.2 Å². The molecule has 0 saturated carbocycles. The highest BCUT2D eigenvalue weighted by Gasteiger charge is 2.39. The number of nitrogens with one attached hydrogen (secondary N) is 1. The van der Waals surface area contributed by atoms with E-state index in [0.717, 1.165) is 33.5 Å². The lowest BCUT2D eigenvalue weighted by Gasteiger charge is -2.38. The molecule has 2 aromatic rings. The van der Waals surface area contributed by atoms with Gasteiger partial charge in [-0.2, -0.15) is 0 Å². The second kappa shape index (κ2) is 6.34. The summed E-state index contributed by atoms with van der Waals surface area (Å²) in [6, 6.07) is 12.3. The van der Waals surface area contributed by atoms with Crippen LogP contribution in [-0.4, -0.2) is 6.61 Å². The van der Waals surface area contributed by atoms with Crippen LogP contribution in [0, 0.1) is 5.92 Å². The second-order valence-electron chi connectivity index (χ2n) is 6.30. The summed E-state index contributed by atoms with van der Waals surface area (Å²) in [4.78, 5) is 0. The van der Waals surface area contributed by atoms with Gasteiger partial charge < -0.3 is 10.1 Å². The van der Waals surface area contributed by atoms with Crippen LogP contribution in [0.2, 0.25) is 10.0 Å². The molecule has 24 heavy (non-hydrogen) atoms. The molecular formula is C20H19Cl2NO. The van der Waals surface area contributed by atoms with Crippen molar-refractivity contribution in [2.24, 2.45) is 5.92 Å². The first kappa shape index (κ1) is 15.9. The van der Waals surface area contributed by atoms with Crippen LogP contribution in [-0.2, 0) is 0 Å². The van der Waals surface area contributed by atoms with Gasteiger partial charge in [-0.1, -0.05) is 47.5 Å². The molecule has 1 aliphatic carbocycles. The molecule has 0 unspecified atom stereocenters. The number of halogens is 2. The van der Waals surface area contributed by atoms with Crippen LogP contribution in [0.5, 0.6) is 5.75 Å². The second-order valence-corrected chi connectivity index (χ2v) is 7.11. The number of anilines is 1. The van der Waals surface area contributed by atoms with E-state index in [1.165, 1.54) is 5.56 Å². The summed E-state index contributed by atoms with van der Waals surface area (Å²) in [7, 11) is 0.